The van der Waals surface area contributed by atoms with Crippen molar-refractivity contribution >= 4 is 34.8 Å². The minimum absolute atomic E-state index is 0.439. The lowest BCUT2D eigenvalue weighted by molar-refractivity contribution is 0.280. The van der Waals surface area contributed by atoms with Crippen molar-refractivity contribution in [3.05, 3.63) is 16.1 Å². The summed E-state index contributed by atoms with van der Waals surface area (Å²) in [4.78, 5) is 4.52. The van der Waals surface area contributed by atoms with Gasteiger partial charge in [0.15, 0.2) is 0 Å². The monoisotopic (exact) mass is 315 g/mol. The van der Waals surface area contributed by atoms with E-state index in [0.717, 1.165) is 24.2 Å². The molecule has 0 spiro atoms. The summed E-state index contributed by atoms with van der Waals surface area (Å²) >= 11 is 12.4. The zero-order chi connectivity index (χ0) is 14.7. The number of hydrogen-bond acceptors (Lipinski definition) is 3. The summed E-state index contributed by atoms with van der Waals surface area (Å²) in [6, 6.07) is 2.20. The fourth-order valence-corrected chi connectivity index (χ4v) is 3.60. The van der Waals surface area contributed by atoms with Gasteiger partial charge in [-0.15, -0.1) is 0 Å². The molecule has 1 aliphatic rings. The molecule has 112 valence electrons. The molecule has 2 N–H and O–H groups in total. The molecule has 1 heterocycles. The minimum atomic E-state index is 0.439. The van der Waals surface area contributed by atoms with Crippen LogP contribution in [0.3, 0.4) is 0 Å². The average molecular weight is 316 g/mol. The molecular weight excluding hydrogens is 293 g/mol. The van der Waals surface area contributed by atoms with E-state index < -0.39 is 0 Å². The Balaban J connectivity index is 2.13. The molecule has 2 unspecified atom stereocenters. The highest BCUT2D eigenvalue weighted by Gasteiger charge is 2.24. The van der Waals surface area contributed by atoms with Crippen LogP contribution in [0.25, 0.3) is 0 Å². The van der Waals surface area contributed by atoms with Gasteiger partial charge in [-0.05, 0) is 44.1 Å². The number of halogens is 2. The molecule has 2 rings (SSSR count). The third-order valence-corrected chi connectivity index (χ3v) is 4.37. The van der Waals surface area contributed by atoms with E-state index in [4.69, 9.17) is 23.2 Å². The lowest BCUT2D eigenvalue weighted by atomic mass is 9.80. The molecule has 0 aliphatic heterocycles. The summed E-state index contributed by atoms with van der Waals surface area (Å²) in [5.74, 6) is 2.92. The van der Waals surface area contributed by atoms with Gasteiger partial charge >= 0.3 is 0 Å². The lowest BCUT2D eigenvalue weighted by Gasteiger charge is -2.32. The number of hydrogen-bond donors (Lipinski definition) is 2. The van der Waals surface area contributed by atoms with E-state index in [-0.39, 0.29) is 0 Å². The highest BCUT2D eigenvalue weighted by Crippen LogP contribution is 2.34. The minimum Gasteiger partial charge on any atom is -0.369 e. The van der Waals surface area contributed by atoms with E-state index in [1.807, 2.05) is 6.92 Å². The Morgan fingerprint density at radius 3 is 2.30 bits per heavy atom. The third kappa shape index (κ3) is 3.92. The molecule has 20 heavy (non-hydrogen) atoms. The summed E-state index contributed by atoms with van der Waals surface area (Å²) in [7, 11) is 0. The normalized spacial score (nSPS) is 26.4. The summed E-state index contributed by atoms with van der Waals surface area (Å²) in [6.07, 6.45) is 3.64. The predicted molar refractivity (Wildman–Crippen MR) is 88.0 cm³/mol. The first-order valence-electron chi connectivity index (χ1n) is 7.36. The van der Waals surface area contributed by atoms with Crippen LogP contribution in [0.15, 0.2) is 6.07 Å². The van der Waals surface area contributed by atoms with Gasteiger partial charge in [-0.2, -0.15) is 0 Å². The number of nitrogens with one attached hydrogen (secondary N) is 2. The summed E-state index contributed by atoms with van der Waals surface area (Å²) in [5.41, 5.74) is 0. The molecule has 3 nitrogen and oxygen atoms in total. The molecular formula is C15H23Cl2N3. The standard InChI is InChI=1S/C15H23Cl2N3/c1-4-18-14-12(16)8-13(17)15(20-14)19-11-6-9(2)5-10(3)7-11/h8-11H,4-7H2,1-3H3,(H2,18,19,20). The first-order valence-corrected chi connectivity index (χ1v) is 8.11. The molecule has 0 radical (unpaired) electrons. The van der Waals surface area contributed by atoms with Gasteiger partial charge in [0, 0.05) is 12.6 Å². The van der Waals surface area contributed by atoms with E-state index >= 15 is 0 Å². The predicted octanol–water partition coefficient (Wildman–Crippen LogP) is 5.06. The Kier molecular flexibility index (Phi) is 5.39. The molecule has 1 aromatic heterocycles. The van der Waals surface area contributed by atoms with Gasteiger partial charge < -0.3 is 10.6 Å². The number of aromatic nitrogens is 1. The van der Waals surface area contributed by atoms with Crippen LogP contribution in [0.4, 0.5) is 11.6 Å². The molecule has 1 saturated carbocycles. The van der Waals surface area contributed by atoms with Crippen LogP contribution >= 0.6 is 23.2 Å². The van der Waals surface area contributed by atoms with Crippen LogP contribution in [0, 0.1) is 11.8 Å². The molecule has 1 aliphatic carbocycles. The van der Waals surface area contributed by atoms with Gasteiger partial charge in [-0.25, -0.2) is 4.98 Å². The van der Waals surface area contributed by atoms with Gasteiger partial charge in [0.1, 0.15) is 11.6 Å². The van der Waals surface area contributed by atoms with E-state index in [9.17, 15) is 0 Å². The third-order valence-electron chi connectivity index (χ3n) is 3.79. The van der Waals surface area contributed by atoms with Crippen LogP contribution in [0.2, 0.25) is 10.0 Å². The lowest BCUT2D eigenvalue weighted by Crippen LogP contribution is -2.30. The molecule has 5 heteroatoms. The van der Waals surface area contributed by atoms with Crippen molar-refractivity contribution in [2.75, 3.05) is 17.2 Å². The zero-order valence-corrected chi connectivity index (χ0v) is 13.9. The fourth-order valence-electron chi connectivity index (χ4n) is 3.12. The average Bonchev–Trinajstić information content (AvgIpc) is 2.34. The Morgan fingerprint density at radius 1 is 1.10 bits per heavy atom. The van der Waals surface area contributed by atoms with Crippen LogP contribution in [0.1, 0.15) is 40.0 Å². The Labute approximate surface area is 131 Å². The van der Waals surface area contributed by atoms with E-state index in [0.29, 0.717) is 21.9 Å². The van der Waals surface area contributed by atoms with Crippen molar-refractivity contribution in [1.82, 2.24) is 4.98 Å². The van der Waals surface area contributed by atoms with Crippen molar-refractivity contribution in [2.24, 2.45) is 11.8 Å². The van der Waals surface area contributed by atoms with Gasteiger partial charge in [0.2, 0.25) is 0 Å². The van der Waals surface area contributed by atoms with Crippen molar-refractivity contribution in [3.63, 3.8) is 0 Å². The van der Waals surface area contributed by atoms with E-state index in [1.165, 1.54) is 19.3 Å². The second-order valence-electron chi connectivity index (χ2n) is 5.94. The van der Waals surface area contributed by atoms with Crippen molar-refractivity contribution < 1.29 is 0 Å². The van der Waals surface area contributed by atoms with Gasteiger partial charge in [0.25, 0.3) is 0 Å². The molecule has 1 aromatic rings. The Bertz CT molecular complexity index is 455. The summed E-state index contributed by atoms with van der Waals surface area (Å²) in [6.45, 7) is 7.42. The number of nitrogens with zero attached hydrogens (tertiary/aromatic N) is 1. The quantitative estimate of drug-likeness (QED) is 0.815. The Hall–Kier alpha value is -0.670. The number of pyridine rings is 1. The first kappa shape index (κ1) is 15.7. The van der Waals surface area contributed by atoms with Crippen LogP contribution in [-0.2, 0) is 0 Å². The maximum atomic E-state index is 6.26. The van der Waals surface area contributed by atoms with Gasteiger partial charge in [-0.3, -0.25) is 0 Å². The first-order chi connectivity index (χ1) is 9.49. The molecule has 0 aromatic carbocycles. The topological polar surface area (TPSA) is 37.0 Å². The zero-order valence-electron chi connectivity index (χ0n) is 12.3. The number of rotatable bonds is 4. The second-order valence-corrected chi connectivity index (χ2v) is 6.75. The SMILES string of the molecule is CCNc1nc(NC2CC(C)CC(C)C2)c(Cl)cc1Cl. The maximum absolute atomic E-state index is 6.26. The Morgan fingerprint density at radius 2 is 1.70 bits per heavy atom. The van der Waals surface area contributed by atoms with Gasteiger partial charge in [0.05, 0.1) is 10.0 Å². The van der Waals surface area contributed by atoms with Crippen molar-refractivity contribution in [2.45, 2.75) is 46.1 Å². The fraction of sp³-hybridized carbons (Fsp3) is 0.667. The number of anilines is 2. The highest BCUT2D eigenvalue weighted by molar-refractivity contribution is 6.37. The van der Waals surface area contributed by atoms with Crippen molar-refractivity contribution in [1.29, 1.82) is 0 Å². The van der Waals surface area contributed by atoms with Gasteiger partial charge in [-0.1, -0.05) is 37.0 Å². The maximum Gasteiger partial charge on any atom is 0.147 e. The largest absolute Gasteiger partial charge is 0.369 e. The molecule has 1 fully saturated rings. The smallest absolute Gasteiger partial charge is 0.147 e. The summed E-state index contributed by atoms with van der Waals surface area (Å²) < 4.78 is 0. The molecule has 0 bridgehead atoms. The van der Waals surface area contributed by atoms with Crippen molar-refractivity contribution in [3.8, 4) is 0 Å². The van der Waals surface area contributed by atoms with E-state index in [2.05, 4.69) is 29.5 Å². The summed E-state index contributed by atoms with van der Waals surface area (Å²) in [5, 5.41) is 7.80. The van der Waals surface area contributed by atoms with Crippen LogP contribution in [-0.4, -0.2) is 17.6 Å². The highest BCUT2D eigenvalue weighted by atomic mass is 35.5. The molecule has 0 amide bonds. The van der Waals surface area contributed by atoms with Crippen LogP contribution in [0.5, 0.6) is 0 Å². The van der Waals surface area contributed by atoms with Crippen LogP contribution < -0.4 is 10.6 Å². The molecule has 0 saturated heterocycles. The van der Waals surface area contributed by atoms with E-state index in [1.54, 1.807) is 6.07 Å². The molecule has 2 atom stereocenters. The second kappa shape index (κ2) is 6.86.